The summed E-state index contributed by atoms with van der Waals surface area (Å²) in [7, 11) is -2.85. The van der Waals surface area contributed by atoms with Gasteiger partial charge in [0.15, 0.2) is 5.82 Å². The van der Waals surface area contributed by atoms with Crippen molar-refractivity contribution in [3.05, 3.63) is 11.7 Å². The summed E-state index contributed by atoms with van der Waals surface area (Å²) in [5, 5.41) is 6.70. The van der Waals surface area contributed by atoms with Crippen LogP contribution in [0.2, 0.25) is 0 Å². The highest BCUT2D eigenvalue weighted by Crippen LogP contribution is 1.96. The summed E-state index contributed by atoms with van der Waals surface area (Å²) in [5.41, 5.74) is 0. The molecule has 0 aromatic carbocycles. The second-order valence-corrected chi connectivity index (χ2v) is 5.97. The maximum Gasteiger partial charge on any atom is 0.240 e. The standard InChI is InChI=1S/C9H17N3O3S/c1-3-16(13,14)6-4-5-10-7-9-11-8(2)12-15-9/h10H,3-7H2,1-2H3. The van der Waals surface area contributed by atoms with Gasteiger partial charge in [-0.05, 0) is 19.9 Å². The summed E-state index contributed by atoms with van der Waals surface area (Å²) in [6.07, 6.45) is 0.600. The molecule has 0 unspecified atom stereocenters. The van der Waals surface area contributed by atoms with E-state index in [0.29, 0.717) is 31.2 Å². The maximum atomic E-state index is 11.2. The summed E-state index contributed by atoms with van der Waals surface area (Å²) in [5.74, 6) is 1.55. The van der Waals surface area contributed by atoms with E-state index in [2.05, 4.69) is 15.5 Å². The second-order valence-electron chi connectivity index (χ2n) is 3.50. The molecule has 0 aliphatic rings. The number of sulfone groups is 1. The van der Waals surface area contributed by atoms with E-state index in [9.17, 15) is 8.42 Å². The molecule has 0 aliphatic heterocycles. The van der Waals surface area contributed by atoms with Crippen molar-refractivity contribution in [2.45, 2.75) is 26.8 Å². The molecular formula is C9H17N3O3S. The average molecular weight is 247 g/mol. The van der Waals surface area contributed by atoms with Gasteiger partial charge in [-0.1, -0.05) is 12.1 Å². The lowest BCUT2D eigenvalue weighted by Gasteiger charge is -2.01. The van der Waals surface area contributed by atoms with Crippen LogP contribution in [0.3, 0.4) is 0 Å². The average Bonchev–Trinajstić information content (AvgIpc) is 2.64. The van der Waals surface area contributed by atoms with Gasteiger partial charge in [0.1, 0.15) is 9.84 Å². The van der Waals surface area contributed by atoms with Crippen molar-refractivity contribution in [2.75, 3.05) is 18.1 Å². The zero-order valence-corrected chi connectivity index (χ0v) is 10.4. The number of aryl methyl sites for hydroxylation is 1. The van der Waals surface area contributed by atoms with Gasteiger partial charge in [0, 0.05) is 5.75 Å². The van der Waals surface area contributed by atoms with Crippen molar-refractivity contribution in [1.82, 2.24) is 15.5 Å². The van der Waals surface area contributed by atoms with Crippen LogP contribution in [-0.2, 0) is 16.4 Å². The Balaban J connectivity index is 2.13. The van der Waals surface area contributed by atoms with E-state index >= 15 is 0 Å². The minimum absolute atomic E-state index is 0.204. The number of hydrogen-bond donors (Lipinski definition) is 1. The lowest BCUT2D eigenvalue weighted by molar-refractivity contribution is 0.364. The van der Waals surface area contributed by atoms with Crippen LogP contribution in [0.1, 0.15) is 25.1 Å². The van der Waals surface area contributed by atoms with E-state index in [0.717, 1.165) is 0 Å². The summed E-state index contributed by atoms with van der Waals surface area (Å²) in [6, 6.07) is 0. The van der Waals surface area contributed by atoms with E-state index in [4.69, 9.17) is 4.52 Å². The van der Waals surface area contributed by atoms with E-state index in [-0.39, 0.29) is 11.5 Å². The Bertz CT molecular complexity index is 413. The number of nitrogens with zero attached hydrogens (tertiary/aromatic N) is 2. The molecule has 0 atom stereocenters. The quantitative estimate of drug-likeness (QED) is 0.697. The van der Waals surface area contributed by atoms with Crippen molar-refractivity contribution >= 4 is 9.84 Å². The van der Waals surface area contributed by atoms with Crippen LogP contribution in [0.5, 0.6) is 0 Å². The van der Waals surface area contributed by atoms with E-state index in [1.54, 1.807) is 13.8 Å². The van der Waals surface area contributed by atoms with Crippen LogP contribution in [-0.4, -0.2) is 36.6 Å². The minimum Gasteiger partial charge on any atom is -0.338 e. The summed E-state index contributed by atoms with van der Waals surface area (Å²) >= 11 is 0. The van der Waals surface area contributed by atoms with Crippen molar-refractivity contribution in [1.29, 1.82) is 0 Å². The summed E-state index contributed by atoms with van der Waals surface area (Å²) < 4.78 is 27.2. The van der Waals surface area contributed by atoms with Crippen LogP contribution >= 0.6 is 0 Å². The molecule has 0 fully saturated rings. The normalized spacial score (nSPS) is 11.9. The first-order chi connectivity index (χ1) is 7.53. The molecule has 16 heavy (non-hydrogen) atoms. The van der Waals surface area contributed by atoms with Gasteiger partial charge in [0.05, 0.1) is 12.3 Å². The molecule has 0 saturated heterocycles. The van der Waals surface area contributed by atoms with Gasteiger partial charge in [0.2, 0.25) is 5.89 Å². The molecule has 7 heteroatoms. The van der Waals surface area contributed by atoms with Gasteiger partial charge in [-0.15, -0.1) is 0 Å². The van der Waals surface area contributed by atoms with Gasteiger partial charge in [-0.3, -0.25) is 0 Å². The number of nitrogens with one attached hydrogen (secondary N) is 1. The minimum atomic E-state index is -2.85. The third kappa shape index (κ3) is 4.71. The molecule has 0 bridgehead atoms. The molecular weight excluding hydrogens is 230 g/mol. The highest BCUT2D eigenvalue weighted by Gasteiger charge is 2.06. The predicted octanol–water partition coefficient (Wildman–Crippen LogP) is 0.292. The van der Waals surface area contributed by atoms with Crippen molar-refractivity contribution in [3.8, 4) is 0 Å². The monoisotopic (exact) mass is 247 g/mol. The fourth-order valence-electron chi connectivity index (χ4n) is 1.17. The maximum absolute atomic E-state index is 11.2. The SMILES string of the molecule is CCS(=O)(=O)CCCNCc1nc(C)no1. The fraction of sp³-hybridized carbons (Fsp3) is 0.778. The first-order valence-electron chi connectivity index (χ1n) is 5.24. The molecule has 6 nitrogen and oxygen atoms in total. The Morgan fingerprint density at radius 2 is 2.19 bits per heavy atom. The van der Waals surface area contributed by atoms with Gasteiger partial charge in [-0.2, -0.15) is 4.98 Å². The third-order valence-electron chi connectivity index (χ3n) is 2.09. The number of aromatic nitrogens is 2. The largest absolute Gasteiger partial charge is 0.338 e. The molecule has 1 N–H and O–H groups in total. The second kappa shape index (κ2) is 5.95. The Morgan fingerprint density at radius 3 is 2.75 bits per heavy atom. The van der Waals surface area contributed by atoms with Crippen LogP contribution in [0.15, 0.2) is 4.52 Å². The number of rotatable bonds is 7. The van der Waals surface area contributed by atoms with Crippen LogP contribution in [0.25, 0.3) is 0 Å². The first-order valence-corrected chi connectivity index (χ1v) is 7.06. The topological polar surface area (TPSA) is 85.1 Å². The molecule has 0 saturated carbocycles. The van der Waals surface area contributed by atoms with Gasteiger partial charge >= 0.3 is 0 Å². The van der Waals surface area contributed by atoms with E-state index in [1.807, 2.05) is 0 Å². The van der Waals surface area contributed by atoms with Crippen LogP contribution in [0.4, 0.5) is 0 Å². The van der Waals surface area contributed by atoms with Crippen molar-refractivity contribution in [3.63, 3.8) is 0 Å². The highest BCUT2D eigenvalue weighted by atomic mass is 32.2. The lowest BCUT2D eigenvalue weighted by atomic mass is 10.4. The van der Waals surface area contributed by atoms with Crippen LogP contribution < -0.4 is 5.32 Å². The molecule has 0 amide bonds. The molecule has 0 radical (unpaired) electrons. The molecule has 0 spiro atoms. The Labute approximate surface area is 95.3 Å². The Morgan fingerprint density at radius 1 is 1.44 bits per heavy atom. The van der Waals surface area contributed by atoms with E-state index < -0.39 is 9.84 Å². The van der Waals surface area contributed by atoms with Gasteiger partial charge < -0.3 is 9.84 Å². The molecule has 1 aromatic rings. The first kappa shape index (κ1) is 13.1. The molecule has 1 aromatic heterocycles. The molecule has 1 heterocycles. The van der Waals surface area contributed by atoms with E-state index in [1.165, 1.54) is 0 Å². The molecule has 92 valence electrons. The smallest absolute Gasteiger partial charge is 0.240 e. The molecule has 1 rings (SSSR count). The third-order valence-corrected chi connectivity index (χ3v) is 3.88. The fourth-order valence-corrected chi connectivity index (χ4v) is 2.04. The van der Waals surface area contributed by atoms with Gasteiger partial charge in [0.25, 0.3) is 0 Å². The predicted molar refractivity (Wildman–Crippen MR) is 59.7 cm³/mol. The number of hydrogen-bond acceptors (Lipinski definition) is 6. The van der Waals surface area contributed by atoms with Crippen molar-refractivity contribution in [2.24, 2.45) is 0 Å². The highest BCUT2D eigenvalue weighted by molar-refractivity contribution is 7.91. The zero-order valence-electron chi connectivity index (χ0n) is 9.56. The Hall–Kier alpha value is -0.950. The summed E-state index contributed by atoms with van der Waals surface area (Å²) in [6.45, 7) is 4.51. The Kier molecular flexibility index (Phi) is 4.88. The van der Waals surface area contributed by atoms with Gasteiger partial charge in [-0.25, -0.2) is 8.42 Å². The summed E-state index contributed by atoms with van der Waals surface area (Å²) in [4.78, 5) is 4.01. The van der Waals surface area contributed by atoms with Crippen LogP contribution in [0, 0.1) is 6.92 Å². The lowest BCUT2D eigenvalue weighted by Crippen LogP contribution is -2.19. The molecule has 0 aliphatic carbocycles. The van der Waals surface area contributed by atoms with Crippen molar-refractivity contribution < 1.29 is 12.9 Å². The zero-order chi connectivity index (χ0) is 12.0.